The molecule has 144 valence electrons. The second kappa shape index (κ2) is 8.49. The van der Waals surface area contributed by atoms with E-state index in [1.165, 1.54) is 11.3 Å². The van der Waals surface area contributed by atoms with Crippen LogP contribution >= 0.6 is 11.3 Å². The Morgan fingerprint density at radius 2 is 1.85 bits per heavy atom. The van der Waals surface area contributed by atoms with Crippen molar-refractivity contribution in [2.24, 2.45) is 0 Å². The van der Waals surface area contributed by atoms with Crippen molar-refractivity contribution < 1.29 is 14.3 Å². The number of rotatable bonds is 5. The van der Waals surface area contributed by atoms with Crippen LogP contribution in [-0.2, 0) is 0 Å². The summed E-state index contributed by atoms with van der Waals surface area (Å²) in [5.41, 5.74) is 0.836. The van der Waals surface area contributed by atoms with Crippen LogP contribution in [0.25, 0.3) is 0 Å². The van der Waals surface area contributed by atoms with Gasteiger partial charge in [-0.1, -0.05) is 0 Å². The van der Waals surface area contributed by atoms with Gasteiger partial charge in [-0.2, -0.15) is 0 Å². The lowest BCUT2D eigenvalue weighted by atomic mass is 10.1. The zero-order valence-electron chi connectivity index (χ0n) is 15.8. The predicted octanol–water partition coefficient (Wildman–Crippen LogP) is 2.57. The minimum atomic E-state index is -0.313. The summed E-state index contributed by atoms with van der Waals surface area (Å²) in [6, 6.07) is 4.99. The normalized spacial score (nSPS) is 15.0. The number of likely N-dealkylation sites (N-methyl/N-ethyl adjacent to an activating group) is 1. The lowest BCUT2D eigenvalue weighted by Crippen LogP contribution is -2.47. The van der Waals surface area contributed by atoms with Crippen molar-refractivity contribution in [3.63, 3.8) is 0 Å². The Hall–Kier alpha value is -2.45. The van der Waals surface area contributed by atoms with Crippen LogP contribution < -0.4 is 10.1 Å². The molecule has 1 aromatic heterocycles. The molecule has 1 aliphatic heterocycles. The quantitative estimate of drug-likeness (QED) is 0.852. The number of amides is 2. The monoisotopic (exact) mass is 388 g/mol. The highest BCUT2D eigenvalue weighted by Gasteiger charge is 2.22. The number of carbonyl (C=O) groups excluding carboxylic acids is 2. The summed E-state index contributed by atoms with van der Waals surface area (Å²) in [5, 5.41) is 5.06. The zero-order valence-corrected chi connectivity index (χ0v) is 16.6. The first-order chi connectivity index (χ1) is 12.9. The number of anilines is 1. The molecule has 8 heteroatoms. The molecule has 1 fully saturated rings. The van der Waals surface area contributed by atoms with E-state index < -0.39 is 0 Å². The van der Waals surface area contributed by atoms with Crippen molar-refractivity contribution in [1.82, 2.24) is 14.8 Å². The maximum atomic E-state index is 12.9. The Labute approximate surface area is 162 Å². The molecule has 1 saturated heterocycles. The fourth-order valence-electron chi connectivity index (χ4n) is 2.84. The van der Waals surface area contributed by atoms with Crippen LogP contribution in [0, 0.1) is 0 Å². The SMILES string of the molecule is CC(C)Oc1cc(C(=O)Nc2nccs2)cc(C(=O)N2CCN(C)CC2)c1. The zero-order chi connectivity index (χ0) is 19.4. The number of nitrogens with zero attached hydrogens (tertiary/aromatic N) is 3. The Balaban J connectivity index is 1.85. The van der Waals surface area contributed by atoms with Gasteiger partial charge in [-0.15, -0.1) is 11.3 Å². The van der Waals surface area contributed by atoms with Crippen molar-refractivity contribution in [3.8, 4) is 5.75 Å². The third-order valence-corrected chi connectivity index (χ3v) is 4.92. The third kappa shape index (κ3) is 5.05. The Morgan fingerprint density at radius 1 is 1.15 bits per heavy atom. The number of carbonyl (C=O) groups is 2. The molecule has 7 nitrogen and oxygen atoms in total. The number of aromatic nitrogens is 1. The van der Waals surface area contributed by atoms with Gasteiger partial charge in [0.1, 0.15) is 5.75 Å². The third-order valence-electron chi connectivity index (χ3n) is 4.23. The van der Waals surface area contributed by atoms with Crippen LogP contribution in [0.2, 0.25) is 0 Å². The predicted molar refractivity (Wildman–Crippen MR) is 106 cm³/mol. The van der Waals surface area contributed by atoms with E-state index in [2.05, 4.69) is 15.2 Å². The molecule has 27 heavy (non-hydrogen) atoms. The van der Waals surface area contributed by atoms with Gasteiger partial charge in [-0.25, -0.2) is 4.98 Å². The molecule has 0 aliphatic carbocycles. The number of nitrogens with one attached hydrogen (secondary N) is 1. The van der Waals surface area contributed by atoms with Gasteiger partial charge in [-0.3, -0.25) is 14.9 Å². The molecule has 1 aromatic carbocycles. The van der Waals surface area contributed by atoms with Crippen molar-refractivity contribution in [3.05, 3.63) is 40.9 Å². The van der Waals surface area contributed by atoms with E-state index in [4.69, 9.17) is 4.74 Å². The van der Waals surface area contributed by atoms with Gasteiger partial charge in [0.15, 0.2) is 5.13 Å². The molecule has 2 aromatic rings. The number of thiazole rings is 1. The molecule has 0 unspecified atom stereocenters. The lowest BCUT2D eigenvalue weighted by molar-refractivity contribution is 0.0663. The summed E-state index contributed by atoms with van der Waals surface area (Å²) >= 11 is 1.34. The molecular weight excluding hydrogens is 364 g/mol. The van der Waals surface area contributed by atoms with Gasteiger partial charge in [0, 0.05) is 48.9 Å². The fraction of sp³-hybridized carbons (Fsp3) is 0.421. The molecule has 0 atom stereocenters. The molecule has 0 spiro atoms. The van der Waals surface area contributed by atoms with Gasteiger partial charge in [-0.05, 0) is 39.1 Å². The topological polar surface area (TPSA) is 74.8 Å². The lowest BCUT2D eigenvalue weighted by Gasteiger charge is -2.32. The minimum Gasteiger partial charge on any atom is -0.491 e. The number of piperazine rings is 1. The van der Waals surface area contributed by atoms with Gasteiger partial charge in [0.25, 0.3) is 11.8 Å². The summed E-state index contributed by atoms with van der Waals surface area (Å²) in [7, 11) is 2.04. The van der Waals surface area contributed by atoms with E-state index in [1.54, 1.807) is 29.8 Å². The Bertz CT molecular complexity index is 799. The van der Waals surface area contributed by atoms with Crippen LogP contribution in [0.15, 0.2) is 29.8 Å². The van der Waals surface area contributed by atoms with E-state index >= 15 is 0 Å². The second-order valence-corrected chi connectivity index (χ2v) is 7.69. The molecule has 0 bridgehead atoms. The summed E-state index contributed by atoms with van der Waals surface area (Å²) in [4.78, 5) is 33.6. The number of benzene rings is 1. The molecule has 2 heterocycles. The van der Waals surface area contributed by atoms with Gasteiger partial charge < -0.3 is 14.5 Å². The molecule has 1 N–H and O–H groups in total. The summed E-state index contributed by atoms with van der Waals surface area (Å²) in [6.07, 6.45) is 1.56. The first-order valence-corrected chi connectivity index (χ1v) is 9.81. The maximum Gasteiger partial charge on any atom is 0.257 e. The maximum absolute atomic E-state index is 12.9. The summed E-state index contributed by atoms with van der Waals surface area (Å²) < 4.78 is 5.76. The van der Waals surface area contributed by atoms with Crippen LogP contribution in [0.1, 0.15) is 34.6 Å². The van der Waals surface area contributed by atoms with E-state index in [1.807, 2.05) is 25.8 Å². The van der Waals surface area contributed by atoms with Crippen LogP contribution in [-0.4, -0.2) is 65.9 Å². The highest BCUT2D eigenvalue weighted by Crippen LogP contribution is 2.22. The molecule has 0 radical (unpaired) electrons. The number of hydrogen-bond acceptors (Lipinski definition) is 6. The minimum absolute atomic E-state index is 0.0612. The molecule has 3 rings (SSSR count). The van der Waals surface area contributed by atoms with Gasteiger partial charge >= 0.3 is 0 Å². The van der Waals surface area contributed by atoms with Gasteiger partial charge in [0.05, 0.1) is 6.10 Å². The molecule has 1 aliphatic rings. The average Bonchev–Trinajstić information content (AvgIpc) is 3.14. The largest absolute Gasteiger partial charge is 0.491 e. The Kier molecular flexibility index (Phi) is 6.08. The number of hydrogen-bond donors (Lipinski definition) is 1. The van der Waals surface area contributed by atoms with E-state index in [0.717, 1.165) is 13.1 Å². The molecule has 2 amide bonds. The van der Waals surface area contributed by atoms with E-state index in [9.17, 15) is 9.59 Å². The van der Waals surface area contributed by atoms with Crippen LogP contribution in [0.4, 0.5) is 5.13 Å². The molecular formula is C19H24N4O3S. The first-order valence-electron chi connectivity index (χ1n) is 8.93. The van der Waals surface area contributed by atoms with E-state index in [-0.39, 0.29) is 17.9 Å². The highest BCUT2D eigenvalue weighted by atomic mass is 32.1. The molecule has 0 saturated carbocycles. The highest BCUT2D eigenvalue weighted by molar-refractivity contribution is 7.13. The van der Waals surface area contributed by atoms with Crippen LogP contribution in [0.5, 0.6) is 5.75 Å². The summed E-state index contributed by atoms with van der Waals surface area (Å²) in [5.74, 6) is 0.112. The smallest absolute Gasteiger partial charge is 0.257 e. The standard InChI is InChI=1S/C19H24N4O3S/c1-13(2)26-16-11-14(17(24)21-19-20-4-9-27-19)10-15(12-16)18(25)23-7-5-22(3)6-8-23/h4,9-13H,5-8H2,1-3H3,(H,20,21,24). The van der Waals surface area contributed by atoms with Crippen molar-refractivity contribution >= 4 is 28.3 Å². The van der Waals surface area contributed by atoms with Crippen LogP contribution in [0.3, 0.4) is 0 Å². The van der Waals surface area contributed by atoms with Crippen molar-refractivity contribution in [2.75, 3.05) is 38.5 Å². The van der Waals surface area contributed by atoms with Crippen molar-refractivity contribution in [1.29, 1.82) is 0 Å². The number of ether oxygens (including phenoxy) is 1. The first kappa shape index (κ1) is 19.3. The van der Waals surface area contributed by atoms with E-state index in [0.29, 0.717) is 35.1 Å². The van der Waals surface area contributed by atoms with Gasteiger partial charge in [0.2, 0.25) is 0 Å². The average molecular weight is 388 g/mol. The fourth-order valence-corrected chi connectivity index (χ4v) is 3.36. The summed E-state index contributed by atoms with van der Waals surface area (Å²) in [6.45, 7) is 6.83. The second-order valence-electron chi connectivity index (χ2n) is 6.80. The Morgan fingerprint density at radius 3 is 2.48 bits per heavy atom. The van der Waals surface area contributed by atoms with Crippen molar-refractivity contribution in [2.45, 2.75) is 20.0 Å².